The van der Waals surface area contributed by atoms with Crippen molar-refractivity contribution in [3.8, 4) is 0 Å². The molecule has 0 aromatic carbocycles. The lowest BCUT2D eigenvalue weighted by atomic mass is 10.3. The lowest BCUT2D eigenvalue weighted by Gasteiger charge is -2.05. The van der Waals surface area contributed by atoms with E-state index in [0.717, 1.165) is 39.9 Å². The van der Waals surface area contributed by atoms with Crippen molar-refractivity contribution >= 4 is 42.7 Å². The predicted molar refractivity (Wildman–Crippen MR) is 74.9 cm³/mol. The third kappa shape index (κ3) is 5.52. The van der Waals surface area contributed by atoms with Crippen LogP contribution in [0.25, 0.3) is 0 Å². The molecule has 0 aliphatic heterocycles. The number of nitrogens with zero attached hydrogens (tertiary/aromatic N) is 1. The number of nitrogens with one attached hydrogen (secondary N) is 1. The number of hydrogen-bond acceptors (Lipinski definition) is 3. The fraction of sp³-hybridized carbons (Fsp3) is 0.500. The van der Waals surface area contributed by atoms with Crippen molar-refractivity contribution in [3.63, 3.8) is 0 Å². The molecule has 1 aromatic rings. The van der Waals surface area contributed by atoms with E-state index in [0.29, 0.717) is 0 Å². The maximum atomic E-state index is 10.8. The topological polar surface area (TPSA) is 42.0 Å². The summed E-state index contributed by atoms with van der Waals surface area (Å²) in [6.45, 7) is 1.59. The van der Waals surface area contributed by atoms with Gasteiger partial charge in [0, 0.05) is 44.5 Å². The molecule has 1 rings (SSSR count). The summed E-state index contributed by atoms with van der Waals surface area (Å²) in [7, 11) is -0.692. The van der Waals surface area contributed by atoms with Crippen LogP contribution in [0.1, 0.15) is 12.1 Å². The third-order valence-electron chi connectivity index (χ3n) is 1.96. The van der Waals surface area contributed by atoms with Crippen molar-refractivity contribution in [2.24, 2.45) is 0 Å². The smallest absolute Gasteiger partial charge is 0.0684 e. The quantitative estimate of drug-likeness (QED) is 0.783. The van der Waals surface area contributed by atoms with E-state index in [2.05, 4.69) is 42.2 Å². The SMILES string of the molecule is CS(=O)CCCNCc1ncc(Br)cc1Br. The van der Waals surface area contributed by atoms with E-state index in [1.165, 1.54) is 0 Å². The van der Waals surface area contributed by atoms with Crippen molar-refractivity contribution < 1.29 is 4.21 Å². The minimum atomic E-state index is -0.692. The first-order chi connectivity index (χ1) is 7.59. The zero-order valence-corrected chi connectivity index (χ0v) is 13.0. The molecule has 6 heteroatoms. The lowest BCUT2D eigenvalue weighted by Crippen LogP contribution is -2.17. The summed E-state index contributed by atoms with van der Waals surface area (Å²) in [6.07, 6.45) is 4.44. The number of aromatic nitrogens is 1. The Morgan fingerprint density at radius 3 is 2.88 bits per heavy atom. The molecule has 0 amide bonds. The van der Waals surface area contributed by atoms with Gasteiger partial charge in [-0.05, 0) is 50.9 Å². The van der Waals surface area contributed by atoms with Crippen LogP contribution in [0.5, 0.6) is 0 Å². The standard InChI is InChI=1S/C10H14Br2N2OS/c1-16(15)4-2-3-13-7-10-9(12)5-8(11)6-14-10/h5-6,13H,2-4,7H2,1H3. The Hall–Kier alpha value is 0.220. The molecule has 0 radical (unpaired) electrons. The van der Waals surface area contributed by atoms with Crippen LogP contribution in [0.4, 0.5) is 0 Å². The average Bonchev–Trinajstić information content (AvgIpc) is 2.20. The summed E-state index contributed by atoms with van der Waals surface area (Å²) in [5, 5.41) is 3.28. The first-order valence-electron chi connectivity index (χ1n) is 4.90. The number of rotatable bonds is 6. The van der Waals surface area contributed by atoms with E-state index in [1.807, 2.05) is 6.07 Å². The van der Waals surface area contributed by atoms with Gasteiger partial charge in [0.05, 0.1) is 5.69 Å². The third-order valence-corrected chi connectivity index (χ3v) is 3.95. The Kier molecular flexibility index (Phi) is 6.72. The minimum Gasteiger partial charge on any atom is -0.311 e. The van der Waals surface area contributed by atoms with E-state index in [4.69, 9.17) is 0 Å². The van der Waals surface area contributed by atoms with Gasteiger partial charge in [0.25, 0.3) is 0 Å². The van der Waals surface area contributed by atoms with Gasteiger partial charge in [-0.1, -0.05) is 0 Å². The molecule has 1 heterocycles. The predicted octanol–water partition coefficient (Wildman–Crippen LogP) is 2.46. The molecule has 0 aliphatic carbocycles. The molecule has 16 heavy (non-hydrogen) atoms. The van der Waals surface area contributed by atoms with E-state index in [1.54, 1.807) is 12.5 Å². The van der Waals surface area contributed by atoms with Crippen LogP contribution in [0.2, 0.25) is 0 Å². The molecule has 0 bridgehead atoms. The zero-order valence-electron chi connectivity index (χ0n) is 9.00. The minimum absolute atomic E-state index is 0.692. The Labute approximate surface area is 115 Å². The van der Waals surface area contributed by atoms with Gasteiger partial charge >= 0.3 is 0 Å². The molecule has 0 fully saturated rings. The van der Waals surface area contributed by atoms with E-state index in [-0.39, 0.29) is 0 Å². The largest absolute Gasteiger partial charge is 0.311 e. The van der Waals surface area contributed by atoms with Crippen LogP contribution in [0.3, 0.4) is 0 Å². The van der Waals surface area contributed by atoms with Crippen LogP contribution in [0.15, 0.2) is 21.2 Å². The Morgan fingerprint density at radius 1 is 1.50 bits per heavy atom. The number of pyridine rings is 1. The molecule has 1 atom stereocenters. The van der Waals surface area contributed by atoms with Crippen LogP contribution < -0.4 is 5.32 Å². The summed E-state index contributed by atoms with van der Waals surface area (Å²) < 4.78 is 12.8. The molecule has 1 N–H and O–H groups in total. The summed E-state index contributed by atoms with van der Waals surface area (Å²) >= 11 is 6.82. The summed E-state index contributed by atoms with van der Waals surface area (Å²) in [4.78, 5) is 4.29. The summed E-state index contributed by atoms with van der Waals surface area (Å²) in [6, 6.07) is 1.98. The highest BCUT2D eigenvalue weighted by molar-refractivity contribution is 9.11. The van der Waals surface area contributed by atoms with Gasteiger partial charge in [0.1, 0.15) is 0 Å². The fourth-order valence-corrected chi connectivity index (χ4v) is 2.86. The normalized spacial score (nSPS) is 12.7. The van der Waals surface area contributed by atoms with Crippen LogP contribution >= 0.6 is 31.9 Å². The number of hydrogen-bond donors (Lipinski definition) is 1. The van der Waals surface area contributed by atoms with Crippen molar-refractivity contribution in [2.45, 2.75) is 13.0 Å². The van der Waals surface area contributed by atoms with Gasteiger partial charge in [-0.15, -0.1) is 0 Å². The zero-order chi connectivity index (χ0) is 12.0. The monoisotopic (exact) mass is 368 g/mol. The molecule has 90 valence electrons. The maximum absolute atomic E-state index is 10.8. The van der Waals surface area contributed by atoms with E-state index >= 15 is 0 Å². The molecule has 0 spiro atoms. The first kappa shape index (κ1) is 14.3. The van der Waals surface area contributed by atoms with Gasteiger partial charge in [0.15, 0.2) is 0 Å². The van der Waals surface area contributed by atoms with Crippen LogP contribution in [-0.4, -0.2) is 27.7 Å². The number of halogens is 2. The van der Waals surface area contributed by atoms with E-state index < -0.39 is 10.8 Å². The molecule has 0 saturated carbocycles. The Bertz CT molecular complexity index is 374. The molecule has 1 aromatic heterocycles. The van der Waals surface area contributed by atoms with Crippen LogP contribution in [-0.2, 0) is 17.3 Å². The van der Waals surface area contributed by atoms with Crippen molar-refractivity contribution in [1.29, 1.82) is 0 Å². The van der Waals surface area contributed by atoms with Crippen molar-refractivity contribution in [2.75, 3.05) is 18.6 Å². The first-order valence-corrected chi connectivity index (χ1v) is 8.21. The van der Waals surface area contributed by atoms with Gasteiger partial charge in [-0.2, -0.15) is 0 Å². The highest BCUT2D eigenvalue weighted by Crippen LogP contribution is 2.19. The van der Waals surface area contributed by atoms with Crippen LogP contribution in [0, 0.1) is 0 Å². The van der Waals surface area contributed by atoms with Gasteiger partial charge in [0.2, 0.25) is 0 Å². The highest BCUT2D eigenvalue weighted by atomic mass is 79.9. The second kappa shape index (κ2) is 7.53. The van der Waals surface area contributed by atoms with Gasteiger partial charge < -0.3 is 5.32 Å². The fourth-order valence-electron chi connectivity index (χ4n) is 1.18. The van der Waals surface area contributed by atoms with Crippen molar-refractivity contribution in [3.05, 3.63) is 26.9 Å². The summed E-state index contributed by atoms with van der Waals surface area (Å²) in [5.41, 5.74) is 0.987. The van der Waals surface area contributed by atoms with Gasteiger partial charge in [-0.3, -0.25) is 9.19 Å². The van der Waals surface area contributed by atoms with E-state index in [9.17, 15) is 4.21 Å². The molecule has 0 saturated heterocycles. The molecule has 3 nitrogen and oxygen atoms in total. The molecular formula is C10H14Br2N2OS. The average molecular weight is 370 g/mol. The second-order valence-electron chi connectivity index (χ2n) is 3.39. The molecule has 1 unspecified atom stereocenters. The molecule has 0 aliphatic rings. The Balaban J connectivity index is 2.29. The van der Waals surface area contributed by atoms with Gasteiger partial charge in [-0.25, -0.2) is 0 Å². The Morgan fingerprint density at radius 2 is 2.25 bits per heavy atom. The molecular weight excluding hydrogens is 356 g/mol. The second-order valence-corrected chi connectivity index (χ2v) is 6.71. The van der Waals surface area contributed by atoms with Crippen molar-refractivity contribution in [1.82, 2.24) is 10.3 Å². The maximum Gasteiger partial charge on any atom is 0.0684 e. The summed E-state index contributed by atoms with van der Waals surface area (Å²) in [5.74, 6) is 0.752. The lowest BCUT2D eigenvalue weighted by molar-refractivity contribution is 0.654. The highest BCUT2D eigenvalue weighted by Gasteiger charge is 2.01.